The Morgan fingerprint density at radius 2 is 2.50 bits per heavy atom. The zero-order chi connectivity index (χ0) is 11.5. The number of methoxy groups -OCH3 is 1. The molecule has 1 atom stereocenters. The zero-order valence-corrected chi connectivity index (χ0v) is 9.40. The number of aliphatic imine (C=N–C) groups is 1. The smallest absolute Gasteiger partial charge is 0.331 e. The normalized spacial score (nSPS) is 19.3. The fourth-order valence-corrected chi connectivity index (χ4v) is 2.34. The predicted octanol–water partition coefficient (Wildman–Crippen LogP) is 0.822. The van der Waals surface area contributed by atoms with Crippen LogP contribution in [0.3, 0.4) is 0 Å². The second kappa shape index (κ2) is 4.52. The molecule has 5 nitrogen and oxygen atoms in total. The van der Waals surface area contributed by atoms with Gasteiger partial charge in [0.25, 0.3) is 0 Å². The Bertz CT molecular complexity index is 447. The van der Waals surface area contributed by atoms with Gasteiger partial charge in [-0.05, 0) is 12.1 Å². The van der Waals surface area contributed by atoms with E-state index in [-0.39, 0.29) is 11.7 Å². The highest BCUT2D eigenvalue weighted by Crippen LogP contribution is 2.27. The van der Waals surface area contributed by atoms with E-state index in [1.807, 2.05) is 0 Å². The van der Waals surface area contributed by atoms with Crippen molar-refractivity contribution in [2.24, 2.45) is 4.99 Å². The van der Waals surface area contributed by atoms with Crippen molar-refractivity contribution in [3.8, 4) is 5.75 Å². The molecular weight excluding hydrogens is 228 g/mol. The van der Waals surface area contributed by atoms with Crippen molar-refractivity contribution in [1.82, 2.24) is 4.98 Å². The van der Waals surface area contributed by atoms with Crippen molar-refractivity contribution in [2.45, 2.75) is 6.04 Å². The van der Waals surface area contributed by atoms with E-state index in [2.05, 4.69) is 14.7 Å². The zero-order valence-electron chi connectivity index (χ0n) is 8.58. The average molecular weight is 238 g/mol. The molecule has 0 saturated carbocycles. The molecule has 1 aromatic rings. The van der Waals surface area contributed by atoms with Crippen molar-refractivity contribution in [3.63, 3.8) is 0 Å². The summed E-state index contributed by atoms with van der Waals surface area (Å²) in [5, 5.41) is 10.2. The first-order chi connectivity index (χ1) is 7.72. The van der Waals surface area contributed by atoms with E-state index in [0.717, 1.165) is 0 Å². The summed E-state index contributed by atoms with van der Waals surface area (Å²) in [5.41, 5.74) is 0.416. The quantitative estimate of drug-likeness (QED) is 0.772. The first kappa shape index (κ1) is 10.9. The Morgan fingerprint density at radius 3 is 3.19 bits per heavy atom. The molecule has 84 valence electrons. The minimum absolute atomic E-state index is 0.0688. The molecule has 1 N–H and O–H groups in total. The number of aromatic nitrogens is 1. The highest BCUT2D eigenvalue weighted by Gasteiger charge is 2.27. The number of carbonyl (C=O) groups is 1. The van der Waals surface area contributed by atoms with Crippen LogP contribution in [0.5, 0.6) is 5.75 Å². The molecule has 0 spiro atoms. The van der Waals surface area contributed by atoms with E-state index >= 15 is 0 Å². The standard InChI is InChI=1S/C10H10N2O3S/c1-15-10(14)6-5-16-9(12-6)8-7(13)3-2-4-11-8/h2-4,6,13H,5H2,1H3/t6-/m1/s1. The summed E-state index contributed by atoms with van der Waals surface area (Å²) >= 11 is 1.39. The lowest BCUT2D eigenvalue weighted by Gasteiger charge is -2.01. The van der Waals surface area contributed by atoms with E-state index in [1.165, 1.54) is 24.9 Å². The van der Waals surface area contributed by atoms with E-state index in [9.17, 15) is 9.90 Å². The number of esters is 1. The molecule has 0 fully saturated rings. The van der Waals surface area contributed by atoms with E-state index in [4.69, 9.17) is 0 Å². The van der Waals surface area contributed by atoms with E-state index in [1.54, 1.807) is 12.3 Å². The van der Waals surface area contributed by atoms with Gasteiger partial charge in [-0.1, -0.05) is 0 Å². The monoisotopic (exact) mass is 238 g/mol. The Labute approximate surface area is 96.6 Å². The summed E-state index contributed by atoms with van der Waals surface area (Å²) in [7, 11) is 1.33. The molecule has 0 amide bonds. The summed E-state index contributed by atoms with van der Waals surface area (Å²) in [6.07, 6.45) is 1.57. The molecule has 0 unspecified atom stereocenters. The van der Waals surface area contributed by atoms with Gasteiger partial charge in [0.15, 0.2) is 6.04 Å². The highest BCUT2D eigenvalue weighted by atomic mass is 32.2. The molecule has 1 aliphatic rings. The topological polar surface area (TPSA) is 71.8 Å². The van der Waals surface area contributed by atoms with Gasteiger partial charge in [0.1, 0.15) is 16.5 Å². The molecule has 1 aromatic heterocycles. The number of nitrogens with zero attached hydrogens (tertiary/aromatic N) is 2. The van der Waals surface area contributed by atoms with Crippen LogP contribution in [-0.4, -0.2) is 40.0 Å². The molecule has 0 saturated heterocycles. The lowest BCUT2D eigenvalue weighted by atomic mass is 10.3. The number of aromatic hydroxyl groups is 1. The summed E-state index contributed by atoms with van der Waals surface area (Å²) in [4.78, 5) is 19.4. The van der Waals surface area contributed by atoms with Gasteiger partial charge in [0.05, 0.1) is 7.11 Å². The summed E-state index contributed by atoms with van der Waals surface area (Å²) < 4.78 is 4.61. The highest BCUT2D eigenvalue weighted by molar-refractivity contribution is 8.14. The second-order valence-electron chi connectivity index (χ2n) is 3.16. The third kappa shape index (κ3) is 2.01. The maximum atomic E-state index is 11.3. The first-order valence-corrected chi connectivity index (χ1v) is 5.63. The Kier molecular flexibility index (Phi) is 3.09. The molecule has 16 heavy (non-hydrogen) atoms. The maximum absolute atomic E-state index is 11.3. The third-order valence-electron chi connectivity index (χ3n) is 2.11. The molecular formula is C10H10N2O3S. The molecule has 2 rings (SSSR count). The second-order valence-corrected chi connectivity index (χ2v) is 4.16. The Balaban J connectivity index is 2.25. The van der Waals surface area contributed by atoms with Crippen molar-refractivity contribution in [1.29, 1.82) is 0 Å². The molecule has 6 heteroatoms. The summed E-state index contributed by atoms with van der Waals surface area (Å²) in [5.74, 6) is 0.232. The van der Waals surface area contributed by atoms with Gasteiger partial charge in [-0.15, -0.1) is 11.8 Å². The summed E-state index contributed by atoms with van der Waals surface area (Å²) in [6.45, 7) is 0. The lowest BCUT2D eigenvalue weighted by molar-refractivity contribution is -0.141. The third-order valence-corrected chi connectivity index (χ3v) is 3.17. The number of pyridine rings is 1. The van der Waals surface area contributed by atoms with Crippen LogP contribution in [0, 0.1) is 0 Å². The van der Waals surface area contributed by atoms with Crippen molar-refractivity contribution in [2.75, 3.05) is 12.9 Å². The largest absolute Gasteiger partial charge is 0.506 e. The van der Waals surface area contributed by atoms with Crippen LogP contribution in [0.1, 0.15) is 5.69 Å². The Hall–Kier alpha value is -1.56. The van der Waals surface area contributed by atoms with Crippen molar-refractivity contribution < 1.29 is 14.6 Å². The number of hydrogen-bond acceptors (Lipinski definition) is 6. The molecule has 0 aliphatic carbocycles. The number of rotatable bonds is 2. The lowest BCUT2D eigenvalue weighted by Crippen LogP contribution is -2.19. The van der Waals surface area contributed by atoms with Gasteiger partial charge >= 0.3 is 5.97 Å². The number of thioether (sulfide) groups is 1. The number of carbonyl (C=O) groups excluding carboxylic acids is 1. The van der Waals surface area contributed by atoms with E-state index in [0.29, 0.717) is 16.5 Å². The van der Waals surface area contributed by atoms with Crippen LogP contribution in [0.4, 0.5) is 0 Å². The average Bonchev–Trinajstić information content (AvgIpc) is 2.78. The van der Waals surface area contributed by atoms with Gasteiger partial charge in [-0.3, -0.25) is 9.98 Å². The molecule has 1 aliphatic heterocycles. The minimum Gasteiger partial charge on any atom is -0.506 e. The maximum Gasteiger partial charge on any atom is 0.331 e. The van der Waals surface area contributed by atoms with Gasteiger partial charge in [-0.25, -0.2) is 4.79 Å². The fraction of sp³-hybridized carbons (Fsp3) is 0.300. The van der Waals surface area contributed by atoms with Crippen LogP contribution in [0.25, 0.3) is 0 Å². The number of ether oxygens (including phenoxy) is 1. The van der Waals surface area contributed by atoms with Crippen LogP contribution in [0.15, 0.2) is 23.3 Å². The SMILES string of the molecule is COC(=O)[C@H]1CSC(c2ncccc2O)=N1. The summed E-state index contributed by atoms with van der Waals surface area (Å²) in [6, 6.07) is 2.68. The van der Waals surface area contributed by atoms with Gasteiger partial charge < -0.3 is 9.84 Å². The minimum atomic E-state index is -0.494. The molecule has 0 aromatic carbocycles. The molecule has 0 radical (unpaired) electrons. The van der Waals surface area contributed by atoms with Crippen molar-refractivity contribution in [3.05, 3.63) is 24.0 Å². The van der Waals surface area contributed by atoms with E-state index < -0.39 is 6.04 Å². The van der Waals surface area contributed by atoms with Crippen LogP contribution < -0.4 is 0 Å². The van der Waals surface area contributed by atoms with Gasteiger partial charge in [-0.2, -0.15) is 0 Å². The predicted molar refractivity (Wildman–Crippen MR) is 60.7 cm³/mol. The molecule has 0 bridgehead atoms. The van der Waals surface area contributed by atoms with Crippen molar-refractivity contribution >= 4 is 22.8 Å². The first-order valence-electron chi connectivity index (χ1n) is 4.65. The van der Waals surface area contributed by atoms with Gasteiger partial charge in [0, 0.05) is 11.9 Å². The van der Waals surface area contributed by atoms with Crippen LogP contribution in [-0.2, 0) is 9.53 Å². The Morgan fingerprint density at radius 1 is 1.69 bits per heavy atom. The molecule has 2 heterocycles. The van der Waals surface area contributed by atoms with Gasteiger partial charge in [0.2, 0.25) is 0 Å². The fourth-order valence-electron chi connectivity index (χ4n) is 1.32. The number of hydrogen-bond donors (Lipinski definition) is 1. The van der Waals surface area contributed by atoms with Crippen LogP contribution in [0.2, 0.25) is 0 Å². The van der Waals surface area contributed by atoms with Crippen LogP contribution >= 0.6 is 11.8 Å².